The fourth-order valence-electron chi connectivity index (χ4n) is 5.33. The van der Waals surface area contributed by atoms with Crippen molar-refractivity contribution < 1.29 is 38.7 Å². The number of esters is 2. The Morgan fingerprint density at radius 2 is 1.39 bits per heavy atom. The van der Waals surface area contributed by atoms with Crippen LogP contribution in [0.25, 0.3) is 22.3 Å². The van der Waals surface area contributed by atoms with Crippen molar-refractivity contribution in [2.45, 2.75) is 70.0 Å². The first-order chi connectivity index (χ1) is 22.8. The van der Waals surface area contributed by atoms with Crippen molar-refractivity contribution in [2.24, 2.45) is 0 Å². The number of imidazole rings is 2. The predicted octanol–water partition coefficient (Wildman–Crippen LogP) is -0.953. The number of hydrogen-bond acceptors (Lipinski definition) is 18. The highest BCUT2D eigenvalue weighted by Gasteiger charge is 2.52. The van der Waals surface area contributed by atoms with Gasteiger partial charge in [0.15, 0.2) is 28.5 Å². The van der Waals surface area contributed by atoms with E-state index in [9.17, 15) is 19.8 Å². The number of aromatic nitrogens is 8. The Morgan fingerprint density at radius 1 is 0.898 bits per heavy atom. The standard InChI is InChI=1S/C16H18N6O5.C12H14N6O3.CH4/c1-4-16(6-25-8(2)23)10(26-9(3)24)5-11(27-16)22-7-19-12-13(17)20-15(18)21-14(12)22;1-2-12(4-19)6(20)3-7(21-12)18-5-15-8-9(13)16-11(14)17-10(8)18;/h1,7,10-11H,5-6H2,2-3H3,(H4,17,18,20,21);1,5-7,19-20H,3-4H2,(H4,13,14,16,17);1H4/t10-,11-,16-;6-,7-,12-;/m11./s1. The molecule has 0 aromatic carbocycles. The van der Waals surface area contributed by atoms with Crippen molar-refractivity contribution in [2.75, 3.05) is 36.1 Å². The van der Waals surface area contributed by atoms with Crippen LogP contribution in [0, 0.1) is 24.7 Å². The SMILES string of the molecule is C.C#C[C@]1(CO)O[C@@H](n2cnc3c(N)nc(N)nc32)C[C@H]1O.C#C[C@]1(COC(C)=O)O[C@@H](n2cnc3c(N)nc(N)nc32)C[C@H]1OC(C)=O. The van der Waals surface area contributed by atoms with Crippen LogP contribution in [0.4, 0.5) is 23.5 Å². The van der Waals surface area contributed by atoms with Crippen LogP contribution >= 0.6 is 0 Å². The monoisotopic (exact) mass is 680 g/mol. The molecule has 0 saturated carbocycles. The van der Waals surface area contributed by atoms with E-state index in [0.29, 0.717) is 22.3 Å². The molecule has 20 heteroatoms. The van der Waals surface area contributed by atoms with Crippen LogP contribution in [0.5, 0.6) is 0 Å². The molecule has 0 unspecified atom stereocenters. The van der Waals surface area contributed by atoms with E-state index < -0.39 is 54.4 Å². The molecule has 10 N–H and O–H groups in total. The average molecular weight is 681 g/mol. The second kappa shape index (κ2) is 13.7. The van der Waals surface area contributed by atoms with Crippen LogP contribution in [0.3, 0.4) is 0 Å². The molecule has 6 atom stereocenters. The molecule has 6 rings (SSSR count). The van der Waals surface area contributed by atoms with Crippen molar-refractivity contribution in [3.05, 3.63) is 12.7 Å². The number of fused-ring (bicyclic) bond motifs is 2. The molecular weight excluding hydrogens is 644 g/mol. The lowest BCUT2D eigenvalue weighted by Crippen LogP contribution is -2.45. The molecule has 0 spiro atoms. The van der Waals surface area contributed by atoms with Gasteiger partial charge in [0.1, 0.15) is 42.3 Å². The summed E-state index contributed by atoms with van der Waals surface area (Å²) in [5, 5.41) is 19.4. The molecular formula is C29H36N12O8. The summed E-state index contributed by atoms with van der Waals surface area (Å²) in [4.78, 5) is 46.9. The molecule has 0 aliphatic carbocycles. The summed E-state index contributed by atoms with van der Waals surface area (Å²) < 4.78 is 25.1. The summed E-state index contributed by atoms with van der Waals surface area (Å²) in [5.74, 6) is 3.92. The Morgan fingerprint density at radius 3 is 1.82 bits per heavy atom. The van der Waals surface area contributed by atoms with E-state index in [0.717, 1.165) is 0 Å². The molecule has 2 fully saturated rings. The van der Waals surface area contributed by atoms with E-state index in [2.05, 4.69) is 41.7 Å². The smallest absolute Gasteiger partial charge is 0.303 e. The third kappa shape index (κ3) is 6.66. The number of terminal acetylenes is 2. The number of ether oxygens (including phenoxy) is 4. The predicted molar refractivity (Wildman–Crippen MR) is 173 cm³/mol. The van der Waals surface area contributed by atoms with E-state index >= 15 is 0 Å². The molecule has 260 valence electrons. The number of aliphatic hydroxyl groups excluding tert-OH is 2. The molecule has 20 nitrogen and oxygen atoms in total. The fraction of sp³-hybridized carbons (Fsp3) is 0.448. The molecule has 4 aromatic rings. The summed E-state index contributed by atoms with van der Waals surface area (Å²) >= 11 is 0. The zero-order valence-electron chi connectivity index (χ0n) is 25.7. The fourth-order valence-corrected chi connectivity index (χ4v) is 5.33. The second-order valence-electron chi connectivity index (χ2n) is 10.8. The Balaban J connectivity index is 0.000000223. The van der Waals surface area contributed by atoms with Gasteiger partial charge in [-0.15, -0.1) is 12.8 Å². The van der Waals surface area contributed by atoms with E-state index in [1.54, 1.807) is 9.13 Å². The lowest BCUT2D eigenvalue weighted by atomic mass is 9.98. The Labute approximate surface area is 279 Å². The molecule has 6 heterocycles. The highest BCUT2D eigenvalue weighted by molar-refractivity contribution is 5.83. The van der Waals surface area contributed by atoms with Crippen molar-refractivity contribution in [1.82, 2.24) is 39.0 Å². The highest BCUT2D eigenvalue weighted by atomic mass is 16.6. The maximum atomic E-state index is 11.5. The first-order valence-electron chi connectivity index (χ1n) is 14.2. The molecule has 2 aliphatic heterocycles. The minimum atomic E-state index is -1.46. The maximum absolute atomic E-state index is 11.5. The van der Waals surface area contributed by atoms with Crippen LogP contribution in [0.15, 0.2) is 12.7 Å². The first kappa shape index (κ1) is 36.0. The summed E-state index contributed by atoms with van der Waals surface area (Å²) in [7, 11) is 0. The van der Waals surface area contributed by atoms with Gasteiger partial charge in [-0.3, -0.25) is 18.7 Å². The second-order valence-corrected chi connectivity index (χ2v) is 10.8. The van der Waals surface area contributed by atoms with Gasteiger partial charge in [-0.25, -0.2) is 9.97 Å². The van der Waals surface area contributed by atoms with Crippen LogP contribution in [-0.2, 0) is 28.5 Å². The molecule has 4 aromatic heterocycles. The first-order valence-corrected chi connectivity index (χ1v) is 14.2. The Hall–Kier alpha value is -5.80. The number of aliphatic hydroxyl groups is 2. The van der Waals surface area contributed by atoms with Gasteiger partial charge in [-0.2, -0.15) is 19.9 Å². The molecule has 0 amide bonds. The number of rotatable bonds is 6. The Kier molecular flexibility index (Phi) is 10.1. The summed E-state index contributed by atoms with van der Waals surface area (Å²) in [6, 6.07) is 0. The largest absolute Gasteiger partial charge is 0.462 e. The minimum absolute atomic E-state index is 0. The quantitative estimate of drug-likeness (QED) is 0.106. The Bertz CT molecular complexity index is 1970. The van der Waals surface area contributed by atoms with Crippen molar-refractivity contribution in [3.8, 4) is 24.7 Å². The van der Waals surface area contributed by atoms with Crippen LogP contribution in [0.2, 0.25) is 0 Å². The lowest BCUT2D eigenvalue weighted by Gasteiger charge is -2.28. The van der Waals surface area contributed by atoms with E-state index in [1.165, 1.54) is 26.5 Å². The normalized spacial score (nSPS) is 25.8. The van der Waals surface area contributed by atoms with Crippen LogP contribution in [0.1, 0.15) is 46.6 Å². The number of nitrogen functional groups attached to an aromatic ring is 4. The van der Waals surface area contributed by atoms with Crippen LogP contribution in [-0.4, -0.2) is 97.8 Å². The third-order valence-electron chi connectivity index (χ3n) is 7.67. The van der Waals surface area contributed by atoms with Gasteiger partial charge in [0.05, 0.1) is 19.3 Å². The minimum Gasteiger partial charge on any atom is -0.462 e. The zero-order chi connectivity index (χ0) is 35.0. The van der Waals surface area contributed by atoms with Crippen LogP contribution < -0.4 is 22.9 Å². The maximum Gasteiger partial charge on any atom is 0.303 e. The topological polar surface area (TPSA) is 303 Å². The van der Waals surface area contributed by atoms with Gasteiger partial charge in [-0.05, 0) is 0 Å². The number of anilines is 4. The van der Waals surface area contributed by atoms with Crippen molar-refractivity contribution >= 4 is 57.8 Å². The average Bonchev–Trinajstić information content (AvgIpc) is 3.80. The van der Waals surface area contributed by atoms with Gasteiger partial charge < -0.3 is 52.1 Å². The van der Waals surface area contributed by atoms with E-state index in [1.807, 2.05) is 0 Å². The molecule has 49 heavy (non-hydrogen) atoms. The van der Waals surface area contributed by atoms with E-state index in [4.69, 9.17) is 54.7 Å². The van der Waals surface area contributed by atoms with Gasteiger partial charge in [0.25, 0.3) is 0 Å². The highest BCUT2D eigenvalue weighted by Crippen LogP contribution is 2.40. The van der Waals surface area contributed by atoms with Crippen molar-refractivity contribution in [1.29, 1.82) is 0 Å². The summed E-state index contributed by atoms with van der Waals surface area (Å²) in [6.07, 6.45) is 11.1. The van der Waals surface area contributed by atoms with E-state index in [-0.39, 0.29) is 50.4 Å². The number of carbonyl (C=O) groups excluding carboxylic acids is 2. The number of nitrogens with two attached hydrogens (primary N) is 4. The van der Waals surface area contributed by atoms with Gasteiger partial charge in [0.2, 0.25) is 17.5 Å². The molecule has 2 saturated heterocycles. The molecule has 0 bridgehead atoms. The molecule has 2 aliphatic rings. The zero-order valence-corrected chi connectivity index (χ0v) is 25.7. The third-order valence-corrected chi connectivity index (χ3v) is 7.67. The summed E-state index contributed by atoms with van der Waals surface area (Å²) in [6.45, 7) is 1.72. The van der Waals surface area contributed by atoms with Gasteiger partial charge in [0, 0.05) is 26.7 Å². The number of carbonyl (C=O) groups is 2. The number of hydrogen-bond donors (Lipinski definition) is 6. The van der Waals surface area contributed by atoms with Gasteiger partial charge >= 0.3 is 11.9 Å². The lowest BCUT2D eigenvalue weighted by molar-refractivity contribution is -0.164. The summed E-state index contributed by atoms with van der Waals surface area (Å²) in [5.41, 5.74) is 21.3. The van der Waals surface area contributed by atoms with Crippen molar-refractivity contribution in [3.63, 3.8) is 0 Å². The van der Waals surface area contributed by atoms with Gasteiger partial charge in [-0.1, -0.05) is 19.3 Å². The molecule has 0 radical (unpaired) electrons. The number of nitrogens with zero attached hydrogens (tertiary/aromatic N) is 8.